The van der Waals surface area contributed by atoms with Gasteiger partial charge in [0.1, 0.15) is 5.60 Å². The first-order valence-corrected chi connectivity index (χ1v) is 4.11. The van der Waals surface area contributed by atoms with Crippen molar-refractivity contribution in [1.82, 2.24) is 4.90 Å². The van der Waals surface area contributed by atoms with Crippen molar-refractivity contribution in [2.24, 2.45) is 0 Å². The van der Waals surface area contributed by atoms with E-state index in [1.165, 1.54) is 18.7 Å². The lowest BCUT2D eigenvalue weighted by Gasteiger charge is -2.24. The molecule has 4 nitrogen and oxygen atoms in total. The summed E-state index contributed by atoms with van der Waals surface area (Å²) in [5.74, 6) is -0.306. The lowest BCUT2D eigenvalue weighted by molar-refractivity contribution is -0.147. The van der Waals surface area contributed by atoms with Crippen LogP contribution in [0.15, 0.2) is 0 Å². The van der Waals surface area contributed by atoms with E-state index in [4.69, 9.17) is 5.11 Å². The van der Waals surface area contributed by atoms with Crippen LogP contribution >= 0.6 is 0 Å². The molecule has 0 aromatic carbocycles. The van der Waals surface area contributed by atoms with Gasteiger partial charge in [0.15, 0.2) is 0 Å². The van der Waals surface area contributed by atoms with E-state index in [0.717, 1.165) is 0 Å². The van der Waals surface area contributed by atoms with Gasteiger partial charge in [0.2, 0.25) is 0 Å². The highest BCUT2D eigenvalue weighted by atomic mass is 16.3. The number of amides is 1. The molecule has 4 heteroatoms. The normalized spacial score (nSPS) is 24.7. The predicted molar refractivity (Wildman–Crippen MR) is 43.5 cm³/mol. The Morgan fingerprint density at radius 2 is 2.17 bits per heavy atom. The zero-order valence-corrected chi connectivity index (χ0v) is 7.45. The van der Waals surface area contributed by atoms with E-state index in [1.54, 1.807) is 0 Å². The quantitative estimate of drug-likeness (QED) is 0.554. The minimum Gasteiger partial charge on any atom is -0.391 e. The Labute approximate surface area is 71.8 Å². The zero-order chi connectivity index (χ0) is 9.35. The molecule has 70 valence electrons. The summed E-state index contributed by atoms with van der Waals surface area (Å²) in [6.45, 7) is 3.81. The van der Waals surface area contributed by atoms with Crippen LogP contribution in [0.3, 0.4) is 0 Å². The number of likely N-dealkylation sites (tertiary alicyclic amines) is 1. The van der Waals surface area contributed by atoms with Gasteiger partial charge in [-0.3, -0.25) is 4.79 Å². The minimum atomic E-state index is -1.32. The second-order valence-corrected chi connectivity index (χ2v) is 3.75. The maximum absolute atomic E-state index is 11.4. The fourth-order valence-corrected chi connectivity index (χ4v) is 1.31. The third-order valence-electron chi connectivity index (χ3n) is 1.97. The molecular weight excluding hydrogens is 158 g/mol. The van der Waals surface area contributed by atoms with Gasteiger partial charge in [-0.2, -0.15) is 0 Å². The first kappa shape index (κ1) is 9.48. The molecule has 1 saturated heterocycles. The molecule has 1 rings (SSSR count). The Hall–Kier alpha value is -0.610. The average Bonchev–Trinajstić information content (AvgIpc) is 2.32. The van der Waals surface area contributed by atoms with E-state index in [0.29, 0.717) is 19.5 Å². The van der Waals surface area contributed by atoms with Crippen molar-refractivity contribution in [1.29, 1.82) is 0 Å². The second-order valence-electron chi connectivity index (χ2n) is 3.75. The Morgan fingerprint density at radius 3 is 2.50 bits per heavy atom. The number of carbonyl (C=O) groups excluding carboxylic acids is 1. The first-order chi connectivity index (χ1) is 5.41. The van der Waals surface area contributed by atoms with Crippen LogP contribution in [0.25, 0.3) is 0 Å². The van der Waals surface area contributed by atoms with Gasteiger partial charge in [0, 0.05) is 13.1 Å². The van der Waals surface area contributed by atoms with Crippen molar-refractivity contribution in [2.75, 3.05) is 13.1 Å². The molecule has 12 heavy (non-hydrogen) atoms. The van der Waals surface area contributed by atoms with E-state index in [1.807, 2.05) is 0 Å². The van der Waals surface area contributed by atoms with Crippen molar-refractivity contribution in [3.63, 3.8) is 0 Å². The van der Waals surface area contributed by atoms with Gasteiger partial charge in [-0.15, -0.1) is 0 Å². The van der Waals surface area contributed by atoms with Gasteiger partial charge in [-0.25, -0.2) is 0 Å². The lowest BCUT2D eigenvalue weighted by atomic mass is 10.1. The molecule has 1 fully saturated rings. The summed E-state index contributed by atoms with van der Waals surface area (Å²) >= 11 is 0. The highest BCUT2D eigenvalue weighted by Gasteiger charge is 2.33. The number of β-amino-alcohol motifs (C(OH)–C–C–N with tert-alkyl or cyclic N) is 1. The van der Waals surface area contributed by atoms with Crippen LogP contribution in [0.1, 0.15) is 20.3 Å². The fraction of sp³-hybridized carbons (Fsp3) is 0.875. The van der Waals surface area contributed by atoms with E-state index in [9.17, 15) is 9.90 Å². The number of nitrogens with zero attached hydrogens (tertiary/aromatic N) is 1. The van der Waals surface area contributed by atoms with Crippen LogP contribution in [0.5, 0.6) is 0 Å². The van der Waals surface area contributed by atoms with Crippen LogP contribution in [0, 0.1) is 0 Å². The largest absolute Gasteiger partial charge is 0.391 e. The Bertz CT molecular complexity index is 185. The van der Waals surface area contributed by atoms with E-state index in [2.05, 4.69) is 0 Å². The van der Waals surface area contributed by atoms with Crippen LogP contribution in [0.4, 0.5) is 0 Å². The summed E-state index contributed by atoms with van der Waals surface area (Å²) in [6, 6.07) is 0. The number of hydrogen-bond acceptors (Lipinski definition) is 3. The van der Waals surface area contributed by atoms with Gasteiger partial charge in [0.25, 0.3) is 5.91 Å². The van der Waals surface area contributed by atoms with Crippen molar-refractivity contribution in [2.45, 2.75) is 32.0 Å². The molecule has 1 heterocycles. The van der Waals surface area contributed by atoms with Crippen molar-refractivity contribution in [3.8, 4) is 0 Å². The number of rotatable bonds is 1. The fourth-order valence-electron chi connectivity index (χ4n) is 1.31. The first-order valence-electron chi connectivity index (χ1n) is 4.11. The van der Waals surface area contributed by atoms with Crippen molar-refractivity contribution in [3.05, 3.63) is 0 Å². The molecule has 2 N–H and O–H groups in total. The summed E-state index contributed by atoms with van der Waals surface area (Å²) in [7, 11) is 0. The molecule has 0 unspecified atom stereocenters. The Balaban J connectivity index is 2.55. The molecule has 1 aliphatic rings. The summed E-state index contributed by atoms with van der Waals surface area (Å²) < 4.78 is 0. The second kappa shape index (κ2) is 3.03. The lowest BCUT2D eigenvalue weighted by Crippen LogP contribution is -2.44. The Kier molecular flexibility index (Phi) is 2.39. The van der Waals surface area contributed by atoms with Crippen LogP contribution in [-0.4, -0.2) is 45.8 Å². The maximum Gasteiger partial charge on any atom is 0.254 e. The van der Waals surface area contributed by atoms with Crippen LogP contribution in [-0.2, 0) is 4.79 Å². The molecule has 0 aliphatic carbocycles. The topological polar surface area (TPSA) is 60.8 Å². The molecule has 0 radical (unpaired) electrons. The molecule has 1 atom stereocenters. The molecule has 0 aromatic heterocycles. The number of hydrogen-bond donors (Lipinski definition) is 2. The minimum absolute atomic E-state index is 0.306. The van der Waals surface area contributed by atoms with Crippen LogP contribution < -0.4 is 0 Å². The van der Waals surface area contributed by atoms with E-state index >= 15 is 0 Å². The summed E-state index contributed by atoms with van der Waals surface area (Å²) in [5, 5.41) is 18.5. The monoisotopic (exact) mass is 173 g/mol. The molecule has 0 saturated carbocycles. The highest BCUT2D eigenvalue weighted by molar-refractivity contribution is 5.84. The molecule has 0 spiro atoms. The molecule has 0 aromatic rings. The third-order valence-corrected chi connectivity index (χ3v) is 1.97. The third kappa shape index (κ3) is 1.95. The smallest absolute Gasteiger partial charge is 0.254 e. The van der Waals surface area contributed by atoms with Gasteiger partial charge < -0.3 is 15.1 Å². The molecule has 0 bridgehead atoms. The number of aliphatic hydroxyl groups is 2. The Morgan fingerprint density at radius 1 is 1.58 bits per heavy atom. The highest BCUT2D eigenvalue weighted by Crippen LogP contribution is 2.14. The van der Waals surface area contributed by atoms with E-state index in [-0.39, 0.29) is 5.91 Å². The summed E-state index contributed by atoms with van der Waals surface area (Å²) in [6.07, 6.45) is 0.193. The van der Waals surface area contributed by atoms with Crippen molar-refractivity contribution >= 4 is 5.91 Å². The standard InChI is InChI=1S/C8H15NO3/c1-8(2,12)7(11)9-4-3-6(10)5-9/h6,10,12H,3-5H2,1-2H3/t6-/m0/s1. The molecular formula is C8H15NO3. The number of carbonyl (C=O) groups is 1. The SMILES string of the molecule is CC(C)(O)C(=O)N1CC[C@H](O)C1. The zero-order valence-electron chi connectivity index (χ0n) is 7.45. The van der Waals surface area contributed by atoms with Crippen molar-refractivity contribution < 1.29 is 15.0 Å². The van der Waals surface area contributed by atoms with Crippen LogP contribution in [0.2, 0.25) is 0 Å². The predicted octanol–water partition coefficient (Wildman–Crippen LogP) is -0.650. The van der Waals surface area contributed by atoms with E-state index < -0.39 is 11.7 Å². The summed E-state index contributed by atoms with van der Waals surface area (Å²) in [4.78, 5) is 12.9. The van der Waals surface area contributed by atoms with Gasteiger partial charge in [-0.05, 0) is 20.3 Å². The molecule has 1 aliphatic heterocycles. The summed E-state index contributed by atoms with van der Waals surface area (Å²) in [5.41, 5.74) is -1.32. The van der Waals surface area contributed by atoms with Gasteiger partial charge in [-0.1, -0.05) is 0 Å². The maximum atomic E-state index is 11.4. The number of aliphatic hydroxyl groups excluding tert-OH is 1. The van der Waals surface area contributed by atoms with Gasteiger partial charge >= 0.3 is 0 Å². The average molecular weight is 173 g/mol. The van der Waals surface area contributed by atoms with Gasteiger partial charge in [0.05, 0.1) is 6.10 Å². The molecule has 1 amide bonds.